The molecule has 0 aliphatic carbocycles. The first-order valence-corrected chi connectivity index (χ1v) is 8.25. The Morgan fingerprint density at radius 3 is 2.68 bits per heavy atom. The van der Waals surface area contributed by atoms with E-state index in [1.54, 1.807) is 12.1 Å². The molecule has 1 aromatic heterocycles. The van der Waals surface area contributed by atoms with Gasteiger partial charge in [-0.25, -0.2) is 4.39 Å². The summed E-state index contributed by atoms with van der Waals surface area (Å²) in [7, 11) is 0. The SMILES string of the molecule is CCCNCCNC(=O)CCCc1nc(-c2ccc(F)cc2)no1.Cl. The van der Waals surface area contributed by atoms with Crippen LogP contribution >= 0.6 is 12.4 Å². The number of halogens is 2. The smallest absolute Gasteiger partial charge is 0.226 e. The largest absolute Gasteiger partial charge is 0.355 e. The number of hydrogen-bond acceptors (Lipinski definition) is 5. The van der Waals surface area contributed by atoms with E-state index in [1.807, 2.05) is 0 Å². The van der Waals surface area contributed by atoms with Gasteiger partial charge in [0.2, 0.25) is 17.6 Å². The maximum Gasteiger partial charge on any atom is 0.226 e. The quantitative estimate of drug-likeness (QED) is 0.628. The Morgan fingerprint density at radius 2 is 1.96 bits per heavy atom. The number of hydrogen-bond donors (Lipinski definition) is 2. The molecule has 0 radical (unpaired) electrons. The van der Waals surface area contributed by atoms with Crippen LogP contribution in [0.2, 0.25) is 0 Å². The second kappa shape index (κ2) is 11.5. The van der Waals surface area contributed by atoms with Crippen molar-refractivity contribution in [3.63, 3.8) is 0 Å². The van der Waals surface area contributed by atoms with E-state index in [9.17, 15) is 9.18 Å². The van der Waals surface area contributed by atoms with Gasteiger partial charge in [0.05, 0.1) is 0 Å². The van der Waals surface area contributed by atoms with Crippen LogP contribution in [0.3, 0.4) is 0 Å². The minimum Gasteiger partial charge on any atom is -0.355 e. The molecule has 138 valence electrons. The monoisotopic (exact) mass is 370 g/mol. The van der Waals surface area contributed by atoms with Gasteiger partial charge in [-0.3, -0.25) is 4.79 Å². The number of nitrogens with zero attached hydrogens (tertiary/aromatic N) is 2. The number of carbonyl (C=O) groups excluding carboxylic acids is 1. The van der Waals surface area contributed by atoms with Crippen molar-refractivity contribution in [2.24, 2.45) is 0 Å². The second-order valence-electron chi connectivity index (χ2n) is 5.47. The molecule has 0 aliphatic rings. The van der Waals surface area contributed by atoms with Crippen molar-refractivity contribution in [3.05, 3.63) is 36.0 Å². The number of benzene rings is 1. The Morgan fingerprint density at radius 1 is 1.20 bits per heavy atom. The highest BCUT2D eigenvalue weighted by Gasteiger charge is 2.09. The molecule has 2 aromatic rings. The summed E-state index contributed by atoms with van der Waals surface area (Å²) in [6, 6.07) is 5.91. The zero-order chi connectivity index (χ0) is 17.2. The molecule has 6 nitrogen and oxygen atoms in total. The van der Waals surface area contributed by atoms with Crippen LogP contribution in [0.5, 0.6) is 0 Å². The van der Waals surface area contributed by atoms with Crippen LogP contribution in [-0.2, 0) is 11.2 Å². The molecule has 1 heterocycles. The minimum absolute atomic E-state index is 0. The summed E-state index contributed by atoms with van der Waals surface area (Å²) in [5.41, 5.74) is 0.698. The topological polar surface area (TPSA) is 80.0 Å². The van der Waals surface area contributed by atoms with E-state index >= 15 is 0 Å². The third kappa shape index (κ3) is 7.62. The number of carbonyl (C=O) groups is 1. The Kier molecular flexibility index (Phi) is 9.72. The zero-order valence-electron chi connectivity index (χ0n) is 14.3. The third-order valence-corrected chi connectivity index (χ3v) is 3.42. The summed E-state index contributed by atoms with van der Waals surface area (Å²) in [6.07, 6.45) is 2.68. The van der Waals surface area contributed by atoms with Crippen LogP contribution in [0.25, 0.3) is 11.4 Å². The van der Waals surface area contributed by atoms with Crippen molar-refractivity contribution in [1.29, 1.82) is 0 Å². The molecular weight excluding hydrogens is 347 g/mol. The molecule has 0 fully saturated rings. The van der Waals surface area contributed by atoms with Gasteiger partial charge in [0.25, 0.3) is 0 Å². The van der Waals surface area contributed by atoms with Gasteiger partial charge in [-0.05, 0) is 43.7 Å². The number of amides is 1. The summed E-state index contributed by atoms with van der Waals surface area (Å²) in [6.45, 7) is 4.48. The highest BCUT2D eigenvalue weighted by molar-refractivity contribution is 5.85. The van der Waals surface area contributed by atoms with Crippen molar-refractivity contribution >= 4 is 18.3 Å². The van der Waals surface area contributed by atoms with E-state index in [-0.39, 0.29) is 24.1 Å². The summed E-state index contributed by atoms with van der Waals surface area (Å²) >= 11 is 0. The van der Waals surface area contributed by atoms with E-state index < -0.39 is 0 Å². The number of aromatic nitrogens is 2. The fraction of sp³-hybridized carbons (Fsp3) is 0.471. The lowest BCUT2D eigenvalue weighted by atomic mass is 10.2. The molecule has 2 rings (SSSR count). The van der Waals surface area contributed by atoms with Crippen molar-refractivity contribution in [2.45, 2.75) is 32.6 Å². The predicted molar refractivity (Wildman–Crippen MR) is 96.0 cm³/mol. The Bertz CT molecular complexity index is 634. The van der Waals surface area contributed by atoms with E-state index in [2.05, 4.69) is 27.7 Å². The Balaban J connectivity index is 0.00000312. The summed E-state index contributed by atoms with van der Waals surface area (Å²) in [5.74, 6) is 0.619. The number of nitrogens with one attached hydrogen (secondary N) is 2. The van der Waals surface area contributed by atoms with Crippen LogP contribution < -0.4 is 10.6 Å². The van der Waals surface area contributed by atoms with Crippen LogP contribution in [0, 0.1) is 5.82 Å². The predicted octanol–water partition coefficient (Wildman–Crippen LogP) is 2.74. The van der Waals surface area contributed by atoms with Crippen LogP contribution in [0.15, 0.2) is 28.8 Å². The van der Waals surface area contributed by atoms with Crippen molar-refractivity contribution in [3.8, 4) is 11.4 Å². The molecule has 1 amide bonds. The zero-order valence-corrected chi connectivity index (χ0v) is 15.1. The van der Waals surface area contributed by atoms with E-state index in [1.165, 1.54) is 12.1 Å². The molecule has 0 aliphatic heterocycles. The van der Waals surface area contributed by atoms with Gasteiger partial charge in [0.1, 0.15) is 5.82 Å². The molecular formula is C17H24ClFN4O2. The molecule has 0 spiro atoms. The highest BCUT2D eigenvalue weighted by atomic mass is 35.5. The van der Waals surface area contributed by atoms with Crippen LogP contribution in [0.1, 0.15) is 32.1 Å². The first kappa shape index (κ1) is 21.1. The van der Waals surface area contributed by atoms with Gasteiger partial charge in [-0.2, -0.15) is 4.98 Å². The Labute approximate surface area is 153 Å². The lowest BCUT2D eigenvalue weighted by Gasteiger charge is -2.05. The van der Waals surface area contributed by atoms with E-state index in [0.29, 0.717) is 43.1 Å². The maximum absolute atomic E-state index is 12.9. The van der Waals surface area contributed by atoms with E-state index in [4.69, 9.17) is 4.52 Å². The van der Waals surface area contributed by atoms with Crippen molar-refractivity contribution < 1.29 is 13.7 Å². The highest BCUT2D eigenvalue weighted by Crippen LogP contribution is 2.16. The normalized spacial score (nSPS) is 10.3. The first-order valence-electron chi connectivity index (χ1n) is 8.25. The molecule has 0 saturated carbocycles. The number of aryl methyl sites for hydroxylation is 1. The van der Waals surface area contributed by atoms with Crippen molar-refractivity contribution in [1.82, 2.24) is 20.8 Å². The lowest BCUT2D eigenvalue weighted by Crippen LogP contribution is -2.31. The maximum atomic E-state index is 12.9. The molecule has 0 atom stereocenters. The molecule has 1 aromatic carbocycles. The van der Waals surface area contributed by atoms with Gasteiger partial charge < -0.3 is 15.2 Å². The van der Waals surface area contributed by atoms with Gasteiger partial charge in [0.15, 0.2) is 0 Å². The summed E-state index contributed by atoms with van der Waals surface area (Å²) < 4.78 is 18.1. The standard InChI is InChI=1S/C17H23FN4O2.ClH/c1-2-10-19-11-12-20-15(23)4-3-5-16-21-17(22-24-16)13-6-8-14(18)9-7-13;/h6-9,19H,2-5,10-12H2,1H3,(H,20,23);1H. The summed E-state index contributed by atoms with van der Waals surface area (Å²) in [5, 5.41) is 9.96. The van der Waals surface area contributed by atoms with Gasteiger partial charge in [-0.15, -0.1) is 12.4 Å². The van der Waals surface area contributed by atoms with Crippen LogP contribution in [-0.4, -0.2) is 35.7 Å². The summed E-state index contributed by atoms with van der Waals surface area (Å²) in [4.78, 5) is 15.9. The molecule has 0 saturated heterocycles. The minimum atomic E-state index is -0.307. The lowest BCUT2D eigenvalue weighted by molar-refractivity contribution is -0.121. The number of rotatable bonds is 10. The fourth-order valence-corrected chi connectivity index (χ4v) is 2.15. The average molecular weight is 371 g/mol. The van der Waals surface area contributed by atoms with E-state index in [0.717, 1.165) is 19.5 Å². The molecule has 0 unspecified atom stereocenters. The molecule has 25 heavy (non-hydrogen) atoms. The van der Waals surface area contributed by atoms with Gasteiger partial charge >= 0.3 is 0 Å². The van der Waals surface area contributed by atoms with Crippen molar-refractivity contribution in [2.75, 3.05) is 19.6 Å². The average Bonchev–Trinajstić information content (AvgIpc) is 3.04. The fourth-order valence-electron chi connectivity index (χ4n) is 2.15. The van der Waals surface area contributed by atoms with Crippen LogP contribution in [0.4, 0.5) is 4.39 Å². The molecule has 8 heteroatoms. The molecule has 0 bridgehead atoms. The Hall–Kier alpha value is -1.99. The van der Waals surface area contributed by atoms with Gasteiger partial charge in [0, 0.05) is 31.5 Å². The third-order valence-electron chi connectivity index (χ3n) is 3.42. The first-order chi connectivity index (χ1) is 11.7. The van der Waals surface area contributed by atoms with Gasteiger partial charge in [-0.1, -0.05) is 12.1 Å². The molecule has 2 N–H and O–H groups in total. The second-order valence-corrected chi connectivity index (χ2v) is 5.47.